The number of pyridine rings is 1. The van der Waals surface area contributed by atoms with Crippen molar-refractivity contribution in [3.8, 4) is 16.9 Å². The molecule has 3 aromatic carbocycles. The normalized spacial score (nSPS) is 15.4. The summed E-state index contributed by atoms with van der Waals surface area (Å²) in [4.78, 5) is 27.9. The highest BCUT2D eigenvalue weighted by Crippen LogP contribution is 2.39. The molecule has 5 rings (SSSR count). The number of benzene rings is 3. The lowest BCUT2D eigenvalue weighted by Crippen LogP contribution is -2.57. The van der Waals surface area contributed by atoms with E-state index in [9.17, 15) is 14.7 Å². The maximum absolute atomic E-state index is 13.8. The van der Waals surface area contributed by atoms with Crippen LogP contribution in [0.15, 0.2) is 102 Å². The topological polar surface area (TPSA) is 65.8 Å². The number of carbonyl (C=O) groups is 1. The molecule has 0 fully saturated rings. The minimum absolute atomic E-state index is 0.0180. The Hall–Kier alpha value is -4.32. The van der Waals surface area contributed by atoms with Crippen LogP contribution in [0.3, 0.4) is 0 Å². The third-order valence-electron chi connectivity index (χ3n) is 6.38. The van der Waals surface area contributed by atoms with Gasteiger partial charge in [-0.05, 0) is 30.5 Å². The van der Waals surface area contributed by atoms with Gasteiger partial charge < -0.3 is 10.0 Å². The molecule has 1 aliphatic heterocycles. The molecule has 0 spiro atoms. The molecule has 1 atom stereocenters. The lowest BCUT2D eigenvalue weighted by Gasteiger charge is -2.48. The number of fused-ring (bicyclic) bond motifs is 1. The Morgan fingerprint density at radius 1 is 0.829 bits per heavy atom. The van der Waals surface area contributed by atoms with Crippen molar-refractivity contribution in [2.45, 2.75) is 32.6 Å². The van der Waals surface area contributed by atoms with Gasteiger partial charge in [-0.25, -0.2) is 0 Å². The van der Waals surface area contributed by atoms with E-state index in [0.717, 1.165) is 22.3 Å². The van der Waals surface area contributed by atoms with E-state index in [2.05, 4.69) is 18.2 Å². The van der Waals surface area contributed by atoms with Crippen LogP contribution < -0.4 is 10.4 Å². The van der Waals surface area contributed by atoms with Crippen LogP contribution in [0.25, 0.3) is 11.1 Å². The molecule has 35 heavy (non-hydrogen) atoms. The van der Waals surface area contributed by atoms with Gasteiger partial charge in [0.25, 0.3) is 5.91 Å². The fourth-order valence-electron chi connectivity index (χ4n) is 4.79. The molecule has 0 saturated heterocycles. The minimum Gasteiger partial charge on any atom is -0.502 e. The molecular weight excluding hydrogens is 438 g/mol. The average Bonchev–Trinajstić information content (AvgIpc) is 2.88. The molecule has 1 N–H and O–H groups in total. The van der Waals surface area contributed by atoms with Gasteiger partial charge in [-0.15, -0.1) is 0 Å². The molecule has 1 unspecified atom stereocenters. The van der Waals surface area contributed by atoms with E-state index in [1.807, 2.05) is 85.6 Å². The number of hydrogen-bond donors (Lipinski definition) is 1. The molecule has 6 nitrogen and oxygen atoms in total. The number of aromatic hydroxyl groups is 1. The molecule has 4 aromatic rings. The van der Waals surface area contributed by atoms with Crippen molar-refractivity contribution < 1.29 is 9.90 Å². The monoisotopic (exact) mass is 465 g/mol. The largest absolute Gasteiger partial charge is 0.502 e. The summed E-state index contributed by atoms with van der Waals surface area (Å²) in [6.07, 6.45) is 1.10. The summed E-state index contributed by atoms with van der Waals surface area (Å²) in [5.41, 5.74) is 3.47. The first kappa shape index (κ1) is 22.5. The van der Waals surface area contributed by atoms with Gasteiger partial charge >= 0.3 is 0 Å². The molecule has 0 radical (unpaired) electrons. The molecule has 6 heteroatoms. The van der Waals surface area contributed by atoms with E-state index in [4.69, 9.17) is 0 Å². The van der Waals surface area contributed by atoms with Crippen LogP contribution in [0.1, 0.15) is 41.6 Å². The van der Waals surface area contributed by atoms with Crippen molar-refractivity contribution >= 4 is 5.91 Å². The van der Waals surface area contributed by atoms with Crippen LogP contribution in [-0.2, 0) is 6.54 Å². The van der Waals surface area contributed by atoms with E-state index < -0.39 is 17.3 Å². The van der Waals surface area contributed by atoms with Gasteiger partial charge in [0.05, 0.1) is 6.54 Å². The minimum atomic E-state index is -0.573. The van der Waals surface area contributed by atoms with Crippen molar-refractivity contribution in [1.82, 2.24) is 9.58 Å². The van der Waals surface area contributed by atoms with Crippen LogP contribution in [-0.4, -0.2) is 26.6 Å². The van der Waals surface area contributed by atoms with Gasteiger partial charge in [0, 0.05) is 23.9 Å². The fraction of sp³-hybridized carbons (Fsp3) is 0.172. The highest BCUT2D eigenvalue weighted by atomic mass is 16.3. The third kappa shape index (κ3) is 3.97. The fourth-order valence-corrected chi connectivity index (χ4v) is 4.79. The smallest absolute Gasteiger partial charge is 0.278 e. The average molecular weight is 466 g/mol. The van der Waals surface area contributed by atoms with Crippen molar-refractivity contribution in [1.29, 1.82) is 0 Å². The molecule has 0 saturated carbocycles. The number of amides is 1. The second-order valence-corrected chi connectivity index (χ2v) is 8.94. The molecule has 176 valence electrons. The second-order valence-electron chi connectivity index (χ2n) is 8.94. The maximum atomic E-state index is 13.8. The van der Waals surface area contributed by atoms with E-state index in [-0.39, 0.29) is 17.6 Å². The predicted octanol–water partition coefficient (Wildman–Crippen LogP) is 4.92. The van der Waals surface area contributed by atoms with Gasteiger partial charge in [-0.1, -0.05) is 84.9 Å². The van der Waals surface area contributed by atoms with Crippen molar-refractivity contribution in [3.63, 3.8) is 0 Å². The Kier molecular flexibility index (Phi) is 5.87. The zero-order valence-corrected chi connectivity index (χ0v) is 19.7. The van der Waals surface area contributed by atoms with E-state index in [1.165, 1.54) is 6.07 Å². The van der Waals surface area contributed by atoms with Crippen LogP contribution in [0.2, 0.25) is 0 Å². The van der Waals surface area contributed by atoms with Gasteiger partial charge in [0.2, 0.25) is 5.43 Å². The summed E-state index contributed by atoms with van der Waals surface area (Å²) in [5, 5.41) is 12.7. The van der Waals surface area contributed by atoms with Gasteiger partial charge in [0.15, 0.2) is 11.4 Å². The Morgan fingerprint density at radius 2 is 1.46 bits per heavy atom. The molecule has 2 heterocycles. The van der Waals surface area contributed by atoms with Gasteiger partial charge in [-0.2, -0.15) is 0 Å². The Bertz CT molecular complexity index is 1410. The Morgan fingerprint density at radius 3 is 2.14 bits per heavy atom. The molecule has 1 aromatic heterocycles. The first-order valence-electron chi connectivity index (χ1n) is 11.7. The first-order valence-corrected chi connectivity index (χ1v) is 11.7. The summed E-state index contributed by atoms with van der Waals surface area (Å²) in [6, 6.07) is 29.2. The van der Waals surface area contributed by atoms with E-state index in [1.54, 1.807) is 15.8 Å². The van der Waals surface area contributed by atoms with Crippen LogP contribution in [0, 0.1) is 0 Å². The number of carbonyl (C=O) groups excluding carboxylic acids is 1. The standard InChI is InChI=1S/C29H27N3O3/c1-20(2)32-28(24-16-10-9-15-23(24)22-13-7-4-8-14-22)31(19-21-11-5-3-6-12-21)30-18-17-25(33)27(34)26(30)29(32)35/h3-18,20,28,34H,19H2,1-2H3. The Balaban J connectivity index is 1.78. The van der Waals surface area contributed by atoms with Crippen LogP contribution in [0.5, 0.6) is 5.75 Å². The van der Waals surface area contributed by atoms with Crippen molar-refractivity contribution in [2.24, 2.45) is 0 Å². The summed E-state index contributed by atoms with van der Waals surface area (Å²) in [5.74, 6) is -0.914. The molecular formula is C29H27N3O3. The van der Waals surface area contributed by atoms with Gasteiger partial charge in [0.1, 0.15) is 6.17 Å². The van der Waals surface area contributed by atoms with Crippen LogP contribution in [0.4, 0.5) is 0 Å². The summed E-state index contributed by atoms with van der Waals surface area (Å²) < 4.78 is 1.64. The van der Waals surface area contributed by atoms with Crippen molar-refractivity contribution in [3.05, 3.63) is 124 Å². The maximum Gasteiger partial charge on any atom is 0.278 e. The zero-order chi connectivity index (χ0) is 24.5. The van der Waals surface area contributed by atoms with Crippen LogP contribution >= 0.6 is 0 Å². The predicted molar refractivity (Wildman–Crippen MR) is 137 cm³/mol. The summed E-state index contributed by atoms with van der Waals surface area (Å²) in [6.45, 7) is 4.36. The number of rotatable bonds is 5. The highest BCUT2D eigenvalue weighted by molar-refractivity contribution is 5.97. The summed E-state index contributed by atoms with van der Waals surface area (Å²) in [7, 11) is 0. The molecule has 0 aliphatic carbocycles. The first-order chi connectivity index (χ1) is 17.0. The quantitative estimate of drug-likeness (QED) is 0.454. The molecule has 1 amide bonds. The van der Waals surface area contributed by atoms with Crippen molar-refractivity contribution in [2.75, 3.05) is 5.01 Å². The lowest BCUT2D eigenvalue weighted by atomic mass is 9.95. The summed E-state index contributed by atoms with van der Waals surface area (Å²) >= 11 is 0. The lowest BCUT2D eigenvalue weighted by molar-refractivity contribution is 0.0474. The van der Waals surface area contributed by atoms with E-state index >= 15 is 0 Å². The molecule has 0 bridgehead atoms. The highest BCUT2D eigenvalue weighted by Gasteiger charge is 2.42. The number of aromatic nitrogens is 1. The Labute approximate surface area is 204 Å². The SMILES string of the molecule is CC(C)N1C(=O)c2c(O)c(=O)ccn2N(Cc2ccccc2)C1c1ccccc1-c1ccccc1. The van der Waals surface area contributed by atoms with E-state index in [0.29, 0.717) is 6.54 Å². The second kappa shape index (κ2) is 9.14. The zero-order valence-electron chi connectivity index (χ0n) is 19.7. The molecule has 1 aliphatic rings. The third-order valence-corrected chi connectivity index (χ3v) is 6.38. The van der Waals surface area contributed by atoms with Gasteiger partial charge in [-0.3, -0.25) is 19.3 Å². The number of nitrogens with zero attached hydrogens (tertiary/aromatic N) is 3. The number of hydrogen-bond acceptors (Lipinski definition) is 4.